The van der Waals surface area contributed by atoms with Gasteiger partial charge in [-0.1, -0.05) is 13.8 Å². The summed E-state index contributed by atoms with van der Waals surface area (Å²) in [5, 5.41) is 10.3. The molecule has 1 aromatic heterocycles. The molecule has 1 aromatic rings. The average molecular weight is 251 g/mol. The summed E-state index contributed by atoms with van der Waals surface area (Å²) in [5.41, 5.74) is 0.235. The Morgan fingerprint density at radius 1 is 1.61 bits per heavy atom. The second kappa shape index (κ2) is 5.48. The summed E-state index contributed by atoms with van der Waals surface area (Å²) in [6.45, 7) is 6.42. The Morgan fingerprint density at radius 2 is 2.44 bits per heavy atom. The Morgan fingerprint density at radius 3 is 3.11 bits per heavy atom. The van der Waals surface area contributed by atoms with E-state index in [2.05, 4.69) is 34.6 Å². The molecule has 0 spiro atoms. The number of nitrogens with zero attached hydrogens (tertiary/aromatic N) is 3. The molecule has 1 saturated heterocycles. The SMILES string of the molecule is CC1(C)CCCNC1CNC(=O)Cn1cncn1. The highest BCUT2D eigenvalue weighted by Crippen LogP contribution is 2.29. The van der Waals surface area contributed by atoms with Crippen molar-refractivity contribution in [3.05, 3.63) is 12.7 Å². The number of nitrogens with one attached hydrogen (secondary N) is 2. The quantitative estimate of drug-likeness (QED) is 0.800. The molecule has 1 aliphatic heterocycles. The number of aromatic nitrogens is 3. The van der Waals surface area contributed by atoms with E-state index < -0.39 is 0 Å². The first kappa shape index (κ1) is 13.0. The standard InChI is InChI=1S/C12H21N5O/c1-12(2)4-3-5-14-10(12)6-15-11(18)7-17-9-13-8-16-17/h8-10,14H,3-7H2,1-2H3,(H,15,18). The molecule has 1 aliphatic rings. The fourth-order valence-electron chi connectivity index (χ4n) is 2.35. The Labute approximate surface area is 107 Å². The molecule has 6 nitrogen and oxygen atoms in total. The van der Waals surface area contributed by atoms with Crippen LogP contribution in [0.3, 0.4) is 0 Å². The van der Waals surface area contributed by atoms with E-state index >= 15 is 0 Å². The van der Waals surface area contributed by atoms with Crippen molar-refractivity contribution < 1.29 is 4.79 Å². The predicted molar refractivity (Wildman–Crippen MR) is 67.8 cm³/mol. The first-order chi connectivity index (χ1) is 8.58. The number of piperidine rings is 1. The van der Waals surface area contributed by atoms with Crippen molar-refractivity contribution in [3.8, 4) is 0 Å². The van der Waals surface area contributed by atoms with Gasteiger partial charge in [-0.05, 0) is 24.8 Å². The molecule has 2 N–H and O–H groups in total. The van der Waals surface area contributed by atoms with Crippen molar-refractivity contribution in [3.63, 3.8) is 0 Å². The van der Waals surface area contributed by atoms with E-state index in [0.29, 0.717) is 12.6 Å². The molecular weight excluding hydrogens is 230 g/mol. The third kappa shape index (κ3) is 3.29. The molecule has 100 valence electrons. The van der Waals surface area contributed by atoms with E-state index in [4.69, 9.17) is 0 Å². The minimum Gasteiger partial charge on any atom is -0.353 e. The van der Waals surface area contributed by atoms with Gasteiger partial charge in [0, 0.05) is 12.6 Å². The van der Waals surface area contributed by atoms with Gasteiger partial charge in [0.15, 0.2) is 0 Å². The highest BCUT2D eigenvalue weighted by molar-refractivity contribution is 5.75. The molecule has 1 unspecified atom stereocenters. The van der Waals surface area contributed by atoms with E-state index in [1.807, 2.05) is 0 Å². The summed E-state index contributed by atoms with van der Waals surface area (Å²) in [7, 11) is 0. The van der Waals surface area contributed by atoms with E-state index in [1.165, 1.54) is 23.9 Å². The van der Waals surface area contributed by atoms with E-state index in [0.717, 1.165) is 6.54 Å². The summed E-state index contributed by atoms with van der Waals surface area (Å²) in [6, 6.07) is 0.339. The lowest BCUT2D eigenvalue weighted by atomic mass is 9.77. The van der Waals surface area contributed by atoms with E-state index in [9.17, 15) is 4.79 Å². The second-order valence-electron chi connectivity index (χ2n) is 5.50. The lowest BCUT2D eigenvalue weighted by Gasteiger charge is -2.39. The van der Waals surface area contributed by atoms with Crippen molar-refractivity contribution in [2.45, 2.75) is 39.3 Å². The number of hydrogen-bond acceptors (Lipinski definition) is 4. The summed E-state index contributed by atoms with van der Waals surface area (Å²) in [4.78, 5) is 15.5. The van der Waals surface area contributed by atoms with Crippen molar-refractivity contribution in [2.24, 2.45) is 5.41 Å². The minimum atomic E-state index is -0.0244. The molecule has 18 heavy (non-hydrogen) atoms. The van der Waals surface area contributed by atoms with Crippen LogP contribution in [0.25, 0.3) is 0 Å². The highest BCUT2D eigenvalue weighted by atomic mass is 16.2. The molecule has 2 rings (SSSR count). The van der Waals surface area contributed by atoms with Crippen molar-refractivity contribution in [1.29, 1.82) is 0 Å². The molecule has 6 heteroatoms. The zero-order valence-corrected chi connectivity index (χ0v) is 11.0. The number of carbonyl (C=O) groups is 1. The van der Waals surface area contributed by atoms with Crippen LogP contribution >= 0.6 is 0 Å². The van der Waals surface area contributed by atoms with Gasteiger partial charge in [-0.25, -0.2) is 9.67 Å². The molecule has 0 aliphatic carbocycles. The maximum absolute atomic E-state index is 11.7. The maximum Gasteiger partial charge on any atom is 0.241 e. The molecule has 0 bridgehead atoms. The minimum absolute atomic E-state index is 0.0244. The Balaban J connectivity index is 1.78. The van der Waals surface area contributed by atoms with Gasteiger partial charge in [-0.15, -0.1) is 0 Å². The fourth-order valence-corrected chi connectivity index (χ4v) is 2.35. The number of carbonyl (C=O) groups excluding carboxylic acids is 1. The Kier molecular flexibility index (Phi) is 3.96. The molecular formula is C12H21N5O. The van der Waals surface area contributed by atoms with Gasteiger partial charge in [0.05, 0.1) is 0 Å². The normalized spacial score (nSPS) is 22.7. The topological polar surface area (TPSA) is 71.8 Å². The van der Waals surface area contributed by atoms with Crippen LogP contribution in [-0.4, -0.2) is 39.8 Å². The first-order valence-corrected chi connectivity index (χ1v) is 6.40. The molecule has 1 fully saturated rings. The van der Waals surface area contributed by atoms with Crippen molar-refractivity contribution in [1.82, 2.24) is 25.4 Å². The Bertz CT molecular complexity index is 387. The molecule has 0 saturated carbocycles. The van der Waals surface area contributed by atoms with Crippen LogP contribution in [0, 0.1) is 5.41 Å². The van der Waals surface area contributed by atoms with Crippen molar-refractivity contribution >= 4 is 5.91 Å². The maximum atomic E-state index is 11.7. The molecule has 1 amide bonds. The molecule has 1 atom stereocenters. The summed E-state index contributed by atoms with van der Waals surface area (Å²) >= 11 is 0. The highest BCUT2D eigenvalue weighted by Gasteiger charge is 2.31. The van der Waals surface area contributed by atoms with Crippen LogP contribution in [0.1, 0.15) is 26.7 Å². The summed E-state index contributed by atoms with van der Waals surface area (Å²) < 4.78 is 1.52. The van der Waals surface area contributed by atoms with Gasteiger partial charge >= 0.3 is 0 Å². The van der Waals surface area contributed by atoms with Gasteiger partial charge in [-0.2, -0.15) is 5.10 Å². The fraction of sp³-hybridized carbons (Fsp3) is 0.750. The number of hydrogen-bond donors (Lipinski definition) is 2. The average Bonchev–Trinajstić information content (AvgIpc) is 2.80. The largest absolute Gasteiger partial charge is 0.353 e. The smallest absolute Gasteiger partial charge is 0.241 e. The molecule has 2 heterocycles. The number of amides is 1. The number of rotatable bonds is 4. The zero-order chi connectivity index (χ0) is 13.0. The lowest BCUT2D eigenvalue weighted by Crippen LogP contribution is -2.53. The Hall–Kier alpha value is -1.43. The van der Waals surface area contributed by atoms with Crippen LogP contribution in [0.4, 0.5) is 0 Å². The van der Waals surface area contributed by atoms with Gasteiger partial charge in [-0.3, -0.25) is 4.79 Å². The monoisotopic (exact) mass is 251 g/mol. The van der Waals surface area contributed by atoms with Crippen LogP contribution in [0.5, 0.6) is 0 Å². The second-order valence-corrected chi connectivity index (χ2v) is 5.50. The van der Waals surface area contributed by atoms with Crippen LogP contribution in [0.2, 0.25) is 0 Å². The summed E-state index contributed by atoms with van der Waals surface area (Å²) in [6.07, 6.45) is 5.38. The molecule has 0 aromatic carbocycles. The predicted octanol–water partition coefficient (Wildman–Crippen LogP) is 0.173. The van der Waals surface area contributed by atoms with Crippen LogP contribution in [0.15, 0.2) is 12.7 Å². The lowest BCUT2D eigenvalue weighted by molar-refractivity contribution is -0.122. The van der Waals surface area contributed by atoms with Gasteiger partial charge < -0.3 is 10.6 Å². The van der Waals surface area contributed by atoms with Gasteiger partial charge in [0.25, 0.3) is 0 Å². The third-order valence-corrected chi connectivity index (χ3v) is 3.61. The zero-order valence-electron chi connectivity index (χ0n) is 11.0. The van der Waals surface area contributed by atoms with E-state index in [1.54, 1.807) is 6.33 Å². The van der Waals surface area contributed by atoms with Gasteiger partial charge in [0.1, 0.15) is 19.2 Å². The van der Waals surface area contributed by atoms with Crippen LogP contribution < -0.4 is 10.6 Å². The van der Waals surface area contributed by atoms with Gasteiger partial charge in [0.2, 0.25) is 5.91 Å². The van der Waals surface area contributed by atoms with E-state index in [-0.39, 0.29) is 17.9 Å². The van der Waals surface area contributed by atoms with Crippen molar-refractivity contribution in [2.75, 3.05) is 13.1 Å². The molecule has 0 radical (unpaired) electrons. The third-order valence-electron chi connectivity index (χ3n) is 3.61. The van der Waals surface area contributed by atoms with Crippen LogP contribution in [-0.2, 0) is 11.3 Å². The first-order valence-electron chi connectivity index (χ1n) is 6.40. The summed E-state index contributed by atoms with van der Waals surface area (Å²) in [5.74, 6) is -0.0244.